The monoisotopic (exact) mass is 218 g/mol. The summed E-state index contributed by atoms with van der Waals surface area (Å²) in [6, 6.07) is 2.59. The molecule has 0 aliphatic rings. The van der Waals surface area contributed by atoms with Crippen LogP contribution in [0.5, 0.6) is 5.75 Å². The second-order valence-corrected chi connectivity index (χ2v) is 2.47. The van der Waals surface area contributed by atoms with Crippen LogP contribution in [0.2, 0.25) is 0 Å². The van der Waals surface area contributed by atoms with Crippen molar-refractivity contribution in [1.29, 1.82) is 5.26 Å². The molecule has 0 bridgehead atoms. The largest absolute Gasteiger partial charge is 0.573 e. The molecule has 0 aliphatic heterocycles. The van der Waals surface area contributed by atoms with E-state index in [0.29, 0.717) is 0 Å². The summed E-state index contributed by atoms with van der Waals surface area (Å²) in [5.74, 6) is -0.755. The van der Waals surface area contributed by atoms with Gasteiger partial charge in [0.25, 0.3) is 0 Å². The molecular weight excluding hydrogens is 213 g/mol. The average Bonchev–Trinajstić information content (AvgIpc) is 2.16. The minimum atomic E-state index is -4.92. The van der Waals surface area contributed by atoms with Crippen molar-refractivity contribution in [2.45, 2.75) is 13.0 Å². The van der Waals surface area contributed by atoms with Gasteiger partial charge >= 0.3 is 6.36 Å². The summed E-state index contributed by atoms with van der Waals surface area (Å²) in [4.78, 5) is 3.39. The van der Waals surface area contributed by atoms with E-state index in [4.69, 9.17) is 10.4 Å². The lowest BCUT2D eigenvalue weighted by Gasteiger charge is -2.12. The highest BCUT2D eigenvalue weighted by molar-refractivity contribution is 5.43. The van der Waals surface area contributed by atoms with Crippen molar-refractivity contribution in [2.24, 2.45) is 0 Å². The molecule has 4 nitrogen and oxygen atoms in total. The molecule has 15 heavy (non-hydrogen) atoms. The van der Waals surface area contributed by atoms with E-state index >= 15 is 0 Å². The molecular formula is C8H5F3N2O2. The summed E-state index contributed by atoms with van der Waals surface area (Å²) >= 11 is 0. The molecule has 0 unspecified atom stereocenters. The van der Waals surface area contributed by atoms with Gasteiger partial charge in [-0.05, 0) is 6.07 Å². The normalized spacial score (nSPS) is 10.9. The minimum Gasteiger partial charge on any atom is -0.402 e. The zero-order valence-electron chi connectivity index (χ0n) is 7.25. The fourth-order valence-corrected chi connectivity index (χ4v) is 0.922. The van der Waals surface area contributed by atoms with E-state index in [9.17, 15) is 13.2 Å². The molecule has 1 heterocycles. The van der Waals surface area contributed by atoms with Crippen molar-refractivity contribution < 1.29 is 23.0 Å². The first-order valence-electron chi connectivity index (χ1n) is 3.72. The SMILES string of the molecule is N#Cc1nccc(CO)c1OC(F)(F)F. The molecule has 0 radical (unpaired) electrons. The third-order valence-corrected chi connectivity index (χ3v) is 1.48. The van der Waals surface area contributed by atoms with Crippen LogP contribution in [-0.2, 0) is 6.61 Å². The predicted molar refractivity (Wildman–Crippen MR) is 41.6 cm³/mol. The van der Waals surface area contributed by atoms with Gasteiger partial charge in [0, 0.05) is 11.8 Å². The van der Waals surface area contributed by atoms with Gasteiger partial charge in [-0.2, -0.15) is 5.26 Å². The summed E-state index contributed by atoms with van der Waals surface area (Å²) in [7, 11) is 0. The molecule has 1 aromatic heterocycles. The highest BCUT2D eigenvalue weighted by Crippen LogP contribution is 2.28. The van der Waals surface area contributed by atoms with E-state index in [1.54, 1.807) is 0 Å². The van der Waals surface area contributed by atoms with Gasteiger partial charge in [0.05, 0.1) is 6.61 Å². The van der Waals surface area contributed by atoms with E-state index in [-0.39, 0.29) is 5.56 Å². The van der Waals surface area contributed by atoms with Crippen LogP contribution < -0.4 is 4.74 Å². The second kappa shape index (κ2) is 4.14. The molecule has 0 amide bonds. The molecule has 0 atom stereocenters. The number of hydrogen-bond donors (Lipinski definition) is 1. The third-order valence-electron chi connectivity index (χ3n) is 1.48. The van der Waals surface area contributed by atoms with Gasteiger partial charge in [-0.3, -0.25) is 0 Å². The van der Waals surface area contributed by atoms with E-state index in [0.717, 1.165) is 12.3 Å². The van der Waals surface area contributed by atoms with Crippen molar-refractivity contribution in [3.05, 3.63) is 23.5 Å². The van der Waals surface area contributed by atoms with E-state index < -0.39 is 24.4 Å². The molecule has 1 N–H and O–H groups in total. The van der Waals surface area contributed by atoms with Crippen LogP contribution in [0.25, 0.3) is 0 Å². The Kier molecular flexibility index (Phi) is 3.11. The highest BCUT2D eigenvalue weighted by Gasteiger charge is 2.33. The number of aromatic nitrogens is 1. The van der Waals surface area contributed by atoms with E-state index in [2.05, 4.69) is 9.72 Å². The Morgan fingerprint density at radius 3 is 2.67 bits per heavy atom. The van der Waals surface area contributed by atoms with Crippen LogP contribution >= 0.6 is 0 Å². The molecule has 0 aromatic carbocycles. The van der Waals surface area contributed by atoms with Gasteiger partial charge in [-0.1, -0.05) is 0 Å². The number of aliphatic hydroxyl groups excluding tert-OH is 1. The Balaban J connectivity index is 3.18. The number of alkyl halides is 3. The van der Waals surface area contributed by atoms with Crippen molar-refractivity contribution in [1.82, 2.24) is 4.98 Å². The van der Waals surface area contributed by atoms with Gasteiger partial charge < -0.3 is 9.84 Å². The highest BCUT2D eigenvalue weighted by atomic mass is 19.4. The van der Waals surface area contributed by atoms with Crippen LogP contribution in [0.15, 0.2) is 12.3 Å². The molecule has 80 valence electrons. The van der Waals surface area contributed by atoms with Crippen LogP contribution in [-0.4, -0.2) is 16.5 Å². The lowest BCUT2D eigenvalue weighted by Crippen LogP contribution is -2.19. The summed E-state index contributed by atoms with van der Waals surface area (Å²) < 4.78 is 39.4. The molecule has 1 aromatic rings. The zero-order valence-corrected chi connectivity index (χ0v) is 7.25. The Morgan fingerprint density at radius 1 is 1.53 bits per heavy atom. The number of nitriles is 1. The third kappa shape index (κ3) is 2.82. The summed E-state index contributed by atoms with van der Waals surface area (Å²) in [6.07, 6.45) is -3.80. The molecule has 0 saturated heterocycles. The van der Waals surface area contributed by atoms with Crippen LogP contribution in [0.1, 0.15) is 11.3 Å². The summed E-state index contributed by atoms with van der Waals surface area (Å²) in [5, 5.41) is 17.2. The van der Waals surface area contributed by atoms with Crippen LogP contribution in [0.3, 0.4) is 0 Å². The standard InChI is InChI=1S/C8H5F3N2O2/c9-8(10,11)15-7-5(4-14)1-2-13-6(7)3-12/h1-2,14H,4H2. The maximum absolute atomic E-state index is 11.9. The van der Waals surface area contributed by atoms with E-state index in [1.807, 2.05) is 0 Å². The number of nitrogens with zero attached hydrogens (tertiary/aromatic N) is 2. The Labute approximate surface area is 82.5 Å². The Bertz CT molecular complexity index is 398. The number of hydrogen-bond acceptors (Lipinski definition) is 4. The minimum absolute atomic E-state index is 0.140. The lowest BCUT2D eigenvalue weighted by molar-refractivity contribution is -0.275. The molecule has 0 saturated carbocycles. The van der Waals surface area contributed by atoms with Gasteiger partial charge in [-0.15, -0.1) is 13.2 Å². The summed E-state index contributed by atoms with van der Waals surface area (Å²) in [6.45, 7) is -0.664. The number of aliphatic hydroxyl groups is 1. The van der Waals surface area contributed by atoms with E-state index in [1.165, 1.54) is 6.07 Å². The van der Waals surface area contributed by atoms with Crippen molar-refractivity contribution in [2.75, 3.05) is 0 Å². The molecule has 0 spiro atoms. The van der Waals surface area contributed by atoms with Gasteiger partial charge in [0.2, 0.25) is 0 Å². The fraction of sp³-hybridized carbons (Fsp3) is 0.250. The molecule has 7 heteroatoms. The first kappa shape index (κ1) is 11.3. The first-order valence-corrected chi connectivity index (χ1v) is 3.72. The zero-order chi connectivity index (χ0) is 11.5. The van der Waals surface area contributed by atoms with Gasteiger partial charge in [-0.25, -0.2) is 4.98 Å². The van der Waals surface area contributed by atoms with Crippen molar-refractivity contribution in [3.8, 4) is 11.8 Å². The van der Waals surface area contributed by atoms with Gasteiger partial charge in [0.15, 0.2) is 11.4 Å². The van der Waals surface area contributed by atoms with Crippen molar-refractivity contribution >= 4 is 0 Å². The molecule has 0 aliphatic carbocycles. The number of ether oxygens (including phenoxy) is 1. The smallest absolute Gasteiger partial charge is 0.402 e. The quantitative estimate of drug-likeness (QED) is 0.813. The number of pyridine rings is 1. The lowest BCUT2D eigenvalue weighted by atomic mass is 10.2. The number of halogens is 3. The van der Waals surface area contributed by atoms with Crippen LogP contribution in [0, 0.1) is 11.3 Å². The maximum Gasteiger partial charge on any atom is 0.573 e. The van der Waals surface area contributed by atoms with Gasteiger partial charge in [0.1, 0.15) is 6.07 Å². The fourth-order valence-electron chi connectivity index (χ4n) is 0.922. The molecule has 0 fully saturated rings. The maximum atomic E-state index is 11.9. The average molecular weight is 218 g/mol. The first-order chi connectivity index (χ1) is 6.98. The van der Waals surface area contributed by atoms with Crippen molar-refractivity contribution in [3.63, 3.8) is 0 Å². The Morgan fingerprint density at radius 2 is 2.20 bits per heavy atom. The number of rotatable bonds is 2. The summed E-state index contributed by atoms with van der Waals surface area (Å²) in [5.41, 5.74) is -0.655. The molecule has 1 rings (SSSR count). The predicted octanol–water partition coefficient (Wildman–Crippen LogP) is 1.34. The van der Waals surface area contributed by atoms with Crippen LogP contribution in [0.4, 0.5) is 13.2 Å². The topological polar surface area (TPSA) is 66.1 Å². The Hall–Kier alpha value is -1.81. The second-order valence-electron chi connectivity index (χ2n) is 2.47.